The molecule has 0 saturated carbocycles. The molecule has 0 aliphatic rings. The number of rotatable bonds is 5. The van der Waals surface area contributed by atoms with Crippen LogP contribution in [0.1, 0.15) is 17.2 Å². The van der Waals surface area contributed by atoms with Crippen molar-refractivity contribution in [3.8, 4) is 5.75 Å². The van der Waals surface area contributed by atoms with Crippen molar-refractivity contribution < 1.29 is 9.13 Å². The van der Waals surface area contributed by atoms with Crippen LogP contribution < -0.4 is 16.0 Å². The van der Waals surface area contributed by atoms with Gasteiger partial charge in [-0.05, 0) is 30.2 Å². The molecule has 0 spiro atoms. The minimum atomic E-state index is -0.362. The van der Waals surface area contributed by atoms with Gasteiger partial charge in [-0.2, -0.15) is 0 Å². The number of hydrogen-bond acceptors (Lipinski definition) is 4. The van der Waals surface area contributed by atoms with E-state index in [1.165, 1.54) is 6.20 Å². The quantitative estimate of drug-likeness (QED) is 0.638. The fourth-order valence-electron chi connectivity index (χ4n) is 1.92. The molecule has 3 N–H and O–H groups in total. The molecular weight excluding hydrogens is 245 g/mol. The first-order valence-electron chi connectivity index (χ1n) is 5.93. The fourth-order valence-corrected chi connectivity index (χ4v) is 1.92. The maximum atomic E-state index is 13.7. The van der Waals surface area contributed by atoms with Crippen LogP contribution in [0.4, 0.5) is 4.39 Å². The molecule has 2 rings (SSSR count). The van der Waals surface area contributed by atoms with Crippen molar-refractivity contribution in [3.63, 3.8) is 0 Å². The molecule has 4 nitrogen and oxygen atoms in total. The van der Waals surface area contributed by atoms with Crippen LogP contribution in [0.15, 0.2) is 42.7 Å². The minimum absolute atomic E-state index is 0.295. The van der Waals surface area contributed by atoms with Crippen molar-refractivity contribution in [1.29, 1.82) is 0 Å². The first-order valence-corrected chi connectivity index (χ1v) is 5.93. The van der Waals surface area contributed by atoms with Crippen LogP contribution >= 0.6 is 0 Å². The zero-order valence-corrected chi connectivity index (χ0v) is 10.6. The molecule has 1 atom stereocenters. The molecular formula is C14H16FN3O. The average Bonchev–Trinajstić information content (AvgIpc) is 2.46. The van der Waals surface area contributed by atoms with E-state index in [0.29, 0.717) is 12.0 Å². The minimum Gasteiger partial charge on any atom is -0.497 e. The molecule has 0 aliphatic heterocycles. The Labute approximate surface area is 111 Å². The highest BCUT2D eigenvalue weighted by Crippen LogP contribution is 2.21. The summed E-state index contributed by atoms with van der Waals surface area (Å²) in [7, 11) is 1.62. The van der Waals surface area contributed by atoms with Crippen LogP contribution in [-0.2, 0) is 6.42 Å². The Hall–Kier alpha value is -1.98. The van der Waals surface area contributed by atoms with Crippen molar-refractivity contribution in [2.45, 2.75) is 12.5 Å². The standard InChI is InChI=1S/C14H16FN3O/c1-19-11-4-2-10(3-5-11)8-14(18-16)12-6-7-17-9-13(12)15/h2-7,9,14,18H,8,16H2,1H3. The maximum absolute atomic E-state index is 13.7. The van der Waals surface area contributed by atoms with Gasteiger partial charge in [-0.3, -0.25) is 16.3 Å². The van der Waals surface area contributed by atoms with Crippen LogP contribution in [0.3, 0.4) is 0 Å². The summed E-state index contributed by atoms with van der Waals surface area (Å²) in [6.07, 6.45) is 3.33. The molecule has 1 unspecified atom stereocenters. The van der Waals surface area contributed by atoms with Crippen LogP contribution in [0.5, 0.6) is 5.75 Å². The average molecular weight is 261 g/mol. The van der Waals surface area contributed by atoms with Gasteiger partial charge in [0.05, 0.1) is 19.3 Å². The smallest absolute Gasteiger partial charge is 0.146 e. The summed E-state index contributed by atoms with van der Waals surface area (Å²) in [6, 6.07) is 8.93. The second kappa shape index (κ2) is 6.26. The number of methoxy groups -OCH3 is 1. The maximum Gasteiger partial charge on any atom is 0.146 e. The molecule has 0 fully saturated rings. The fraction of sp³-hybridized carbons (Fsp3) is 0.214. The molecule has 19 heavy (non-hydrogen) atoms. The van der Waals surface area contributed by atoms with Crippen molar-refractivity contribution in [2.75, 3.05) is 7.11 Å². The van der Waals surface area contributed by atoms with E-state index in [1.54, 1.807) is 19.4 Å². The molecule has 0 aliphatic carbocycles. The highest BCUT2D eigenvalue weighted by molar-refractivity contribution is 5.29. The van der Waals surface area contributed by atoms with Crippen LogP contribution in [0.25, 0.3) is 0 Å². The second-order valence-electron chi connectivity index (χ2n) is 4.17. The van der Waals surface area contributed by atoms with Gasteiger partial charge in [0.1, 0.15) is 11.6 Å². The van der Waals surface area contributed by atoms with Crippen LogP contribution in [-0.4, -0.2) is 12.1 Å². The van der Waals surface area contributed by atoms with Gasteiger partial charge in [-0.1, -0.05) is 12.1 Å². The van der Waals surface area contributed by atoms with Gasteiger partial charge in [0, 0.05) is 11.8 Å². The Morgan fingerprint density at radius 1 is 1.32 bits per heavy atom. The zero-order valence-electron chi connectivity index (χ0n) is 10.6. The Balaban J connectivity index is 2.17. The van der Waals surface area contributed by atoms with E-state index in [0.717, 1.165) is 11.3 Å². The first kappa shape index (κ1) is 13.5. The molecule has 1 aromatic carbocycles. The molecule has 1 heterocycles. The number of halogens is 1. The molecule has 1 aromatic heterocycles. The molecule has 0 bridgehead atoms. The van der Waals surface area contributed by atoms with E-state index >= 15 is 0 Å². The third kappa shape index (κ3) is 3.27. The Morgan fingerprint density at radius 3 is 2.63 bits per heavy atom. The molecule has 0 amide bonds. The second-order valence-corrected chi connectivity index (χ2v) is 4.17. The molecule has 0 saturated heterocycles. The van der Waals surface area contributed by atoms with Crippen LogP contribution in [0.2, 0.25) is 0 Å². The highest BCUT2D eigenvalue weighted by atomic mass is 19.1. The van der Waals surface area contributed by atoms with Crippen LogP contribution in [0, 0.1) is 5.82 Å². The number of ether oxygens (including phenoxy) is 1. The third-order valence-electron chi connectivity index (χ3n) is 2.98. The Morgan fingerprint density at radius 2 is 2.05 bits per heavy atom. The van der Waals surface area contributed by atoms with E-state index in [9.17, 15) is 4.39 Å². The Kier molecular flexibility index (Phi) is 4.43. The summed E-state index contributed by atoms with van der Waals surface area (Å²) in [5, 5.41) is 0. The lowest BCUT2D eigenvalue weighted by Gasteiger charge is -2.17. The number of pyridine rings is 1. The van der Waals surface area contributed by atoms with Gasteiger partial charge in [-0.15, -0.1) is 0 Å². The number of nitrogens with zero attached hydrogens (tertiary/aromatic N) is 1. The zero-order chi connectivity index (χ0) is 13.7. The Bertz CT molecular complexity index is 530. The van der Waals surface area contributed by atoms with Gasteiger partial charge in [-0.25, -0.2) is 4.39 Å². The van der Waals surface area contributed by atoms with Gasteiger partial charge in [0.2, 0.25) is 0 Å². The highest BCUT2D eigenvalue weighted by Gasteiger charge is 2.14. The summed E-state index contributed by atoms with van der Waals surface area (Å²) < 4.78 is 18.8. The van der Waals surface area contributed by atoms with E-state index in [2.05, 4.69) is 10.4 Å². The normalized spacial score (nSPS) is 12.2. The summed E-state index contributed by atoms with van der Waals surface area (Å²) in [5.41, 5.74) is 4.19. The summed E-state index contributed by atoms with van der Waals surface area (Å²) >= 11 is 0. The van der Waals surface area contributed by atoms with E-state index < -0.39 is 0 Å². The largest absolute Gasteiger partial charge is 0.497 e. The number of hydrogen-bond donors (Lipinski definition) is 2. The van der Waals surface area contributed by atoms with E-state index in [-0.39, 0.29) is 11.9 Å². The predicted octanol–water partition coefficient (Wildman–Crippen LogP) is 1.98. The van der Waals surface area contributed by atoms with Crippen molar-refractivity contribution in [2.24, 2.45) is 5.84 Å². The van der Waals surface area contributed by atoms with Gasteiger partial charge < -0.3 is 4.74 Å². The summed E-state index contributed by atoms with van der Waals surface area (Å²) in [6.45, 7) is 0. The number of aromatic nitrogens is 1. The molecule has 2 aromatic rings. The van der Waals surface area contributed by atoms with E-state index in [4.69, 9.17) is 10.6 Å². The number of benzene rings is 1. The number of hydrazine groups is 1. The SMILES string of the molecule is COc1ccc(CC(NN)c2ccncc2F)cc1. The molecule has 0 radical (unpaired) electrons. The monoisotopic (exact) mass is 261 g/mol. The van der Waals surface area contributed by atoms with Gasteiger partial charge >= 0.3 is 0 Å². The van der Waals surface area contributed by atoms with Crippen molar-refractivity contribution in [3.05, 3.63) is 59.7 Å². The molecule has 100 valence electrons. The lowest BCUT2D eigenvalue weighted by atomic mass is 10.00. The lowest BCUT2D eigenvalue weighted by molar-refractivity contribution is 0.414. The third-order valence-corrected chi connectivity index (χ3v) is 2.98. The van der Waals surface area contributed by atoms with Crippen molar-refractivity contribution >= 4 is 0 Å². The van der Waals surface area contributed by atoms with Gasteiger partial charge in [0.15, 0.2) is 0 Å². The van der Waals surface area contributed by atoms with Crippen molar-refractivity contribution in [1.82, 2.24) is 10.4 Å². The molecule has 5 heteroatoms. The summed E-state index contributed by atoms with van der Waals surface area (Å²) in [5.74, 6) is 5.94. The summed E-state index contributed by atoms with van der Waals surface area (Å²) in [4.78, 5) is 3.73. The van der Waals surface area contributed by atoms with E-state index in [1.807, 2.05) is 24.3 Å². The topological polar surface area (TPSA) is 60.2 Å². The number of nitrogens with one attached hydrogen (secondary N) is 1. The first-order chi connectivity index (χ1) is 9.24. The number of nitrogens with two attached hydrogens (primary N) is 1. The van der Waals surface area contributed by atoms with Gasteiger partial charge in [0.25, 0.3) is 0 Å². The predicted molar refractivity (Wildman–Crippen MR) is 71.0 cm³/mol. The lowest BCUT2D eigenvalue weighted by Crippen LogP contribution is -2.30.